The van der Waals surface area contributed by atoms with Gasteiger partial charge in [0.15, 0.2) is 0 Å². The Kier molecular flexibility index (Phi) is 34.0. The molecule has 0 aromatic rings. The highest BCUT2D eigenvalue weighted by molar-refractivity contribution is 5.79. The number of hydrogen-bond donors (Lipinski definition) is 0. The first-order valence-electron chi connectivity index (χ1n) is 20.8. The van der Waals surface area contributed by atoms with Crippen LogP contribution in [0.1, 0.15) is 143 Å². The standard InChI is InChI=1S/C6H11NO.C6H13NO.C6H10O2.C6H10O.C5H9NO.C5H8O2.C4H9NO.C4H6O2/c1-2-7-5-3-4-6(7)8;1-5(2)6(8)7(3)4;7-6-4-2-1-3-5-8-6;7-6-4-2-1-3-5-6;1-6-4-2-3-5(6)7;6-5-3-1-2-4-7-5;1-4(6)5(2)3;5-4-2-1-3-6-4/h2-5H2,1H3;5H,1-4H3;1-5H2;1-5H2;2-4H2,1H3;1-4H2;1-3H3;1-3H2. The molecule has 1 aliphatic carbocycles. The molecule has 330 valence electrons. The van der Waals surface area contributed by atoms with Crippen molar-refractivity contribution in [2.24, 2.45) is 5.92 Å². The number of amides is 4. The van der Waals surface area contributed by atoms with Crippen LogP contribution in [-0.2, 0) is 52.6 Å². The lowest BCUT2D eigenvalue weighted by Crippen LogP contribution is -2.26. The van der Waals surface area contributed by atoms with Crippen LogP contribution in [0, 0.1) is 5.92 Å². The van der Waals surface area contributed by atoms with Crippen molar-refractivity contribution in [1.29, 1.82) is 0 Å². The number of ether oxygens (including phenoxy) is 3. The third kappa shape index (κ3) is 33.8. The molecule has 6 rings (SSSR count). The maximum absolute atomic E-state index is 10.8. The summed E-state index contributed by atoms with van der Waals surface area (Å²) in [6.45, 7) is 12.1. The van der Waals surface area contributed by atoms with E-state index < -0.39 is 0 Å². The van der Waals surface area contributed by atoms with Crippen LogP contribution < -0.4 is 0 Å². The first-order valence-corrected chi connectivity index (χ1v) is 20.8. The minimum atomic E-state index is -0.0463. The van der Waals surface area contributed by atoms with Crippen molar-refractivity contribution in [3.63, 3.8) is 0 Å². The van der Waals surface area contributed by atoms with Gasteiger partial charge in [0.2, 0.25) is 23.6 Å². The first-order chi connectivity index (χ1) is 26.9. The Balaban J connectivity index is 0. The largest absolute Gasteiger partial charge is 0.466 e. The number of nitrogens with zero attached hydrogens (tertiary/aromatic N) is 4. The summed E-state index contributed by atoms with van der Waals surface area (Å²) >= 11 is 0. The van der Waals surface area contributed by atoms with E-state index in [1.807, 2.05) is 32.7 Å². The minimum absolute atomic E-state index is 0.0255. The molecular formula is C42H76N4O11. The third-order valence-electron chi connectivity index (χ3n) is 8.95. The predicted molar refractivity (Wildman–Crippen MR) is 219 cm³/mol. The van der Waals surface area contributed by atoms with Crippen LogP contribution in [0.2, 0.25) is 0 Å². The van der Waals surface area contributed by atoms with E-state index in [1.54, 1.807) is 38.0 Å². The molecule has 0 spiro atoms. The van der Waals surface area contributed by atoms with E-state index >= 15 is 0 Å². The molecule has 1 saturated carbocycles. The number of Topliss-reactive ketones (excluding diaryl/α,β-unsaturated/α-hetero) is 1. The molecular weight excluding hydrogens is 736 g/mol. The van der Waals surface area contributed by atoms with Gasteiger partial charge in [0.1, 0.15) is 5.78 Å². The van der Waals surface area contributed by atoms with E-state index in [9.17, 15) is 38.4 Å². The molecule has 0 bridgehead atoms. The zero-order valence-electron chi connectivity index (χ0n) is 36.8. The quantitative estimate of drug-likeness (QED) is 0.259. The molecule has 5 saturated heterocycles. The number of ketones is 1. The monoisotopic (exact) mass is 813 g/mol. The van der Waals surface area contributed by atoms with Gasteiger partial charge in [-0.15, -0.1) is 0 Å². The normalized spacial score (nSPS) is 18.3. The SMILES string of the molecule is CC(=O)N(C)C.CC(C)C(=O)N(C)C.CCN1CCCC1=O.CN1CCCC1=O.O=C1CCCCC1.O=C1CCCCCO1.O=C1CCCCO1.O=C1CCCO1. The molecule has 57 heavy (non-hydrogen) atoms. The molecule has 0 radical (unpaired) electrons. The number of rotatable bonds is 2. The van der Waals surface area contributed by atoms with Gasteiger partial charge in [-0.1, -0.05) is 20.3 Å². The lowest BCUT2D eigenvalue weighted by molar-refractivity contribution is -0.147. The number of cyclic esters (lactones) is 3. The summed E-state index contributed by atoms with van der Waals surface area (Å²) in [5, 5.41) is 0. The van der Waals surface area contributed by atoms with Crippen LogP contribution in [0.5, 0.6) is 0 Å². The molecule has 4 amide bonds. The molecule has 0 unspecified atom stereocenters. The topological polar surface area (TPSA) is 177 Å². The third-order valence-corrected chi connectivity index (χ3v) is 8.95. The van der Waals surface area contributed by atoms with E-state index in [0.29, 0.717) is 56.7 Å². The maximum atomic E-state index is 10.8. The summed E-state index contributed by atoms with van der Waals surface area (Å²) in [5.41, 5.74) is 0. The van der Waals surface area contributed by atoms with Gasteiger partial charge in [-0.25, -0.2) is 0 Å². The molecule has 0 N–H and O–H groups in total. The van der Waals surface area contributed by atoms with Crippen LogP contribution in [-0.4, -0.2) is 142 Å². The van der Waals surface area contributed by atoms with E-state index in [4.69, 9.17) is 4.74 Å². The van der Waals surface area contributed by atoms with Gasteiger partial charge >= 0.3 is 17.9 Å². The molecule has 15 heteroatoms. The zero-order valence-corrected chi connectivity index (χ0v) is 36.8. The van der Waals surface area contributed by atoms with Gasteiger partial charge in [0.25, 0.3) is 0 Å². The molecule has 5 heterocycles. The van der Waals surface area contributed by atoms with Crippen LogP contribution in [0.25, 0.3) is 0 Å². The molecule has 0 aromatic carbocycles. The Bertz CT molecular complexity index is 1120. The van der Waals surface area contributed by atoms with Crippen LogP contribution in [0.15, 0.2) is 0 Å². The summed E-state index contributed by atoms with van der Waals surface area (Å²) in [7, 11) is 8.82. The lowest BCUT2D eigenvalue weighted by Gasteiger charge is -2.11. The predicted octanol–water partition coefficient (Wildman–Crippen LogP) is 5.35. The van der Waals surface area contributed by atoms with Gasteiger partial charge in [0, 0.05) is 113 Å². The van der Waals surface area contributed by atoms with Crippen molar-refractivity contribution in [3.05, 3.63) is 0 Å². The summed E-state index contributed by atoms with van der Waals surface area (Å²) < 4.78 is 13.9. The molecule has 5 aliphatic heterocycles. The Morgan fingerprint density at radius 1 is 0.561 bits per heavy atom. The van der Waals surface area contributed by atoms with Gasteiger partial charge < -0.3 is 33.8 Å². The van der Waals surface area contributed by atoms with Crippen LogP contribution in [0.3, 0.4) is 0 Å². The van der Waals surface area contributed by atoms with Gasteiger partial charge in [-0.3, -0.25) is 38.4 Å². The van der Waals surface area contributed by atoms with E-state index in [-0.39, 0.29) is 35.6 Å². The highest BCUT2D eigenvalue weighted by Gasteiger charge is 2.17. The Morgan fingerprint density at radius 2 is 0.965 bits per heavy atom. The van der Waals surface area contributed by atoms with Gasteiger partial charge in [-0.05, 0) is 71.1 Å². The molecule has 6 fully saturated rings. The van der Waals surface area contributed by atoms with Crippen molar-refractivity contribution in [1.82, 2.24) is 19.6 Å². The number of likely N-dealkylation sites (tertiary alicyclic amines) is 2. The Morgan fingerprint density at radius 3 is 1.21 bits per heavy atom. The summed E-state index contributed by atoms with van der Waals surface area (Å²) in [5.74, 6) is 1.38. The molecule has 6 aliphatic rings. The van der Waals surface area contributed by atoms with Crippen molar-refractivity contribution in [3.8, 4) is 0 Å². The van der Waals surface area contributed by atoms with E-state index in [2.05, 4.69) is 9.47 Å². The fourth-order valence-electron chi connectivity index (χ4n) is 5.19. The number of carbonyl (C=O) groups excluding carboxylic acids is 8. The Labute approximate surface area is 342 Å². The van der Waals surface area contributed by atoms with Crippen molar-refractivity contribution < 1.29 is 52.6 Å². The summed E-state index contributed by atoms with van der Waals surface area (Å²) in [6.07, 6.45) is 16.9. The maximum Gasteiger partial charge on any atom is 0.305 e. The Hall–Kier alpha value is -4.04. The fraction of sp³-hybridized carbons (Fsp3) is 0.810. The van der Waals surface area contributed by atoms with Crippen molar-refractivity contribution >= 4 is 47.3 Å². The molecule has 0 atom stereocenters. The van der Waals surface area contributed by atoms with E-state index in [1.165, 1.54) is 18.2 Å². The van der Waals surface area contributed by atoms with E-state index in [0.717, 1.165) is 110 Å². The van der Waals surface area contributed by atoms with Crippen LogP contribution >= 0.6 is 0 Å². The minimum Gasteiger partial charge on any atom is -0.466 e. The highest BCUT2D eigenvalue weighted by Crippen LogP contribution is 2.12. The van der Waals surface area contributed by atoms with Gasteiger partial charge in [0.05, 0.1) is 19.8 Å². The molecule has 15 nitrogen and oxygen atoms in total. The second kappa shape index (κ2) is 35.1. The van der Waals surface area contributed by atoms with Crippen LogP contribution in [0.4, 0.5) is 0 Å². The second-order valence-electron chi connectivity index (χ2n) is 14.9. The highest BCUT2D eigenvalue weighted by atomic mass is 16.5. The average Bonchev–Trinajstić information content (AvgIpc) is 3.89. The van der Waals surface area contributed by atoms with Crippen molar-refractivity contribution in [2.75, 3.05) is 74.7 Å². The number of carbonyl (C=O) groups is 8. The fourth-order valence-corrected chi connectivity index (χ4v) is 5.19. The lowest BCUT2D eigenvalue weighted by atomic mass is 10.00. The second-order valence-corrected chi connectivity index (χ2v) is 14.9. The first kappa shape index (κ1) is 55.1. The summed E-state index contributed by atoms with van der Waals surface area (Å²) in [4.78, 5) is 90.0. The number of esters is 3. The van der Waals surface area contributed by atoms with Crippen molar-refractivity contribution in [2.45, 2.75) is 143 Å². The average molecular weight is 813 g/mol. The zero-order chi connectivity index (χ0) is 43.6. The number of hydrogen-bond acceptors (Lipinski definition) is 11. The molecule has 0 aromatic heterocycles. The summed E-state index contributed by atoms with van der Waals surface area (Å²) in [6, 6.07) is 0. The smallest absolute Gasteiger partial charge is 0.305 e. The van der Waals surface area contributed by atoms with Gasteiger partial charge in [-0.2, -0.15) is 0 Å².